The highest BCUT2D eigenvalue weighted by Crippen LogP contribution is 2.47. The fourth-order valence-corrected chi connectivity index (χ4v) is 2.92. The van der Waals surface area contributed by atoms with Crippen LogP contribution in [0.3, 0.4) is 0 Å². The number of halogens is 1. The monoisotopic (exact) mass is 290 g/mol. The number of nitrogens with one attached hydrogen (secondary N) is 1. The van der Waals surface area contributed by atoms with Gasteiger partial charge in [0.05, 0.1) is 10.6 Å². The van der Waals surface area contributed by atoms with Crippen molar-refractivity contribution in [1.82, 2.24) is 0 Å². The van der Waals surface area contributed by atoms with Crippen LogP contribution < -0.4 is 10.5 Å². The predicted molar refractivity (Wildman–Crippen MR) is 71.7 cm³/mol. The fourth-order valence-electron chi connectivity index (χ4n) is 1.66. The summed E-state index contributed by atoms with van der Waals surface area (Å²) in [5.41, 5.74) is 0.308. The lowest BCUT2D eigenvalue weighted by Crippen LogP contribution is -2.18. The highest BCUT2D eigenvalue weighted by Gasteiger charge is 2.41. The summed E-state index contributed by atoms with van der Waals surface area (Å²) in [6.45, 7) is 0.680. The number of anilines is 1. The summed E-state index contributed by atoms with van der Waals surface area (Å²) in [6, 6.07) is 3.65. The lowest BCUT2D eigenvalue weighted by molar-refractivity contribution is 0.592. The Bertz CT molecular complexity index is 556. The van der Waals surface area contributed by atoms with Gasteiger partial charge in [-0.25, -0.2) is 17.9 Å². The van der Waals surface area contributed by atoms with Crippen LogP contribution in [0.5, 0.6) is 0 Å². The number of sulfonamides is 1. The van der Waals surface area contributed by atoms with Gasteiger partial charge >= 0.3 is 0 Å². The average molecular weight is 290 g/mol. The summed E-state index contributed by atoms with van der Waals surface area (Å²) >= 11 is 1.77. The maximum Gasteiger partial charge on any atom is 0.238 e. The molecule has 1 aliphatic rings. The summed E-state index contributed by atoms with van der Waals surface area (Å²) < 4.78 is 36.0. The van der Waals surface area contributed by atoms with Gasteiger partial charge < -0.3 is 5.32 Å². The van der Waals surface area contributed by atoms with Crippen molar-refractivity contribution in [2.45, 2.75) is 22.5 Å². The van der Waals surface area contributed by atoms with Crippen molar-refractivity contribution >= 4 is 27.5 Å². The minimum atomic E-state index is -3.85. The molecule has 7 heteroatoms. The van der Waals surface area contributed by atoms with Gasteiger partial charge in [-0.3, -0.25) is 0 Å². The third kappa shape index (κ3) is 2.96. The van der Waals surface area contributed by atoms with E-state index in [1.807, 2.05) is 6.26 Å². The number of rotatable bonds is 5. The van der Waals surface area contributed by atoms with E-state index >= 15 is 0 Å². The van der Waals surface area contributed by atoms with Crippen LogP contribution in [0, 0.1) is 5.82 Å². The molecule has 1 aromatic carbocycles. The van der Waals surface area contributed by atoms with Crippen LogP contribution in [-0.4, -0.2) is 26.0 Å². The molecule has 3 N–H and O–H groups in total. The summed E-state index contributed by atoms with van der Waals surface area (Å²) in [5, 5.41) is 7.95. The lowest BCUT2D eigenvalue weighted by atomic mass is 10.3. The molecule has 0 radical (unpaired) electrons. The van der Waals surface area contributed by atoms with Crippen LogP contribution in [0.15, 0.2) is 23.1 Å². The first-order valence-electron chi connectivity index (χ1n) is 5.48. The molecule has 0 aromatic heterocycles. The van der Waals surface area contributed by atoms with Gasteiger partial charge in [-0.15, -0.1) is 0 Å². The van der Waals surface area contributed by atoms with E-state index in [9.17, 15) is 12.8 Å². The quantitative estimate of drug-likeness (QED) is 0.867. The van der Waals surface area contributed by atoms with Crippen molar-refractivity contribution in [2.75, 3.05) is 18.1 Å². The zero-order chi connectivity index (χ0) is 13.4. The molecule has 2 rings (SSSR count). The molecule has 0 amide bonds. The predicted octanol–water partition coefficient (Wildman–Crippen LogP) is 1.78. The minimum Gasteiger partial charge on any atom is -0.381 e. The molecular formula is C11H15FN2O2S2. The van der Waals surface area contributed by atoms with Crippen molar-refractivity contribution in [3.63, 3.8) is 0 Å². The zero-order valence-corrected chi connectivity index (χ0v) is 11.6. The van der Waals surface area contributed by atoms with Crippen LogP contribution >= 0.6 is 11.8 Å². The number of benzene rings is 1. The first-order valence-corrected chi connectivity index (χ1v) is 8.25. The number of nitrogens with two attached hydrogens (primary N) is 1. The normalized spacial score (nSPS) is 17.5. The van der Waals surface area contributed by atoms with Crippen LogP contribution in [0.25, 0.3) is 0 Å². The van der Waals surface area contributed by atoms with Crippen molar-refractivity contribution in [1.29, 1.82) is 0 Å². The SMILES string of the molecule is CSC1(CNc2ccc(S(N)(=O)=O)cc2F)CC1. The van der Waals surface area contributed by atoms with Crippen molar-refractivity contribution in [3.05, 3.63) is 24.0 Å². The van der Waals surface area contributed by atoms with E-state index in [4.69, 9.17) is 5.14 Å². The van der Waals surface area contributed by atoms with Crippen LogP contribution in [0.1, 0.15) is 12.8 Å². The van der Waals surface area contributed by atoms with E-state index in [0.29, 0.717) is 12.2 Å². The van der Waals surface area contributed by atoms with Crippen molar-refractivity contribution in [2.24, 2.45) is 5.14 Å². The molecule has 0 aliphatic heterocycles. The highest BCUT2D eigenvalue weighted by atomic mass is 32.2. The second-order valence-corrected chi connectivity index (χ2v) is 7.26. The Labute approximate surface area is 110 Å². The number of hydrogen-bond donors (Lipinski definition) is 2. The second-order valence-electron chi connectivity index (χ2n) is 4.43. The second kappa shape index (κ2) is 4.71. The van der Waals surface area contributed by atoms with Crippen LogP contribution in [0.2, 0.25) is 0 Å². The molecule has 0 spiro atoms. The van der Waals surface area contributed by atoms with E-state index in [2.05, 4.69) is 5.32 Å². The van der Waals surface area contributed by atoms with Gasteiger partial charge in [0.2, 0.25) is 10.0 Å². The molecule has 18 heavy (non-hydrogen) atoms. The number of primary sulfonamides is 1. The van der Waals surface area contributed by atoms with Gasteiger partial charge in [0, 0.05) is 11.3 Å². The lowest BCUT2D eigenvalue weighted by Gasteiger charge is -2.14. The molecule has 0 bridgehead atoms. The van der Waals surface area contributed by atoms with E-state index in [1.165, 1.54) is 12.1 Å². The first-order chi connectivity index (χ1) is 8.36. The smallest absolute Gasteiger partial charge is 0.238 e. The molecule has 4 nitrogen and oxygen atoms in total. The molecule has 0 saturated heterocycles. The molecule has 0 heterocycles. The molecule has 1 fully saturated rings. The van der Waals surface area contributed by atoms with Gasteiger partial charge in [0.25, 0.3) is 0 Å². The number of hydrogen-bond acceptors (Lipinski definition) is 4. The van der Waals surface area contributed by atoms with Gasteiger partial charge in [0.1, 0.15) is 5.82 Å². The van der Waals surface area contributed by atoms with Gasteiger partial charge in [-0.05, 0) is 37.3 Å². The van der Waals surface area contributed by atoms with E-state index < -0.39 is 15.8 Å². The highest BCUT2D eigenvalue weighted by molar-refractivity contribution is 8.00. The number of thioether (sulfide) groups is 1. The molecule has 0 unspecified atom stereocenters. The Morgan fingerprint density at radius 2 is 2.17 bits per heavy atom. The fraction of sp³-hybridized carbons (Fsp3) is 0.455. The van der Waals surface area contributed by atoms with Gasteiger partial charge in [-0.1, -0.05) is 0 Å². The largest absolute Gasteiger partial charge is 0.381 e. The van der Waals surface area contributed by atoms with Crippen LogP contribution in [-0.2, 0) is 10.0 Å². The van der Waals surface area contributed by atoms with Gasteiger partial charge in [-0.2, -0.15) is 11.8 Å². The molecule has 1 aliphatic carbocycles. The van der Waals surface area contributed by atoms with Crippen LogP contribution in [0.4, 0.5) is 10.1 Å². The summed E-state index contributed by atoms with van der Waals surface area (Å²) in [5.74, 6) is -0.599. The Kier molecular flexibility index (Phi) is 3.57. The molecule has 100 valence electrons. The topological polar surface area (TPSA) is 72.2 Å². The van der Waals surface area contributed by atoms with E-state index in [0.717, 1.165) is 18.9 Å². The Hall–Kier alpha value is -0.790. The third-order valence-electron chi connectivity index (χ3n) is 3.11. The summed E-state index contributed by atoms with van der Waals surface area (Å²) in [6.07, 6.45) is 4.28. The zero-order valence-electron chi connectivity index (χ0n) is 9.94. The molecule has 1 aromatic rings. The Morgan fingerprint density at radius 3 is 2.61 bits per heavy atom. The molecular weight excluding hydrogens is 275 g/mol. The standard InChI is InChI=1S/C11H15FN2O2S2/c1-17-11(4-5-11)7-14-10-3-2-8(6-9(10)12)18(13,15)16/h2-3,6,14H,4-5,7H2,1H3,(H2,13,15,16). The first kappa shape index (κ1) is 13.6. The average Bonchev–Trinajstić information content (AvgIpc) is 3.07. The van der Waals surface area contributed by atoms with E-state index in [1.54, 1.807) is 11.8 Å². The van der Waals surface area contributed by atoms with Gasteiger partial charge in [0.15, 0.2) is 0 Å². The summed E-state index contributed by atoms with van der Waals surface area (Å²) in [4.78, 5) is -0.212. The molecule has 0 atom stereocenters. The maximum atomic E-state index is 13.7. The summed E-state index contributed by atoms with van der Waals surface area (Å²) in [7, 11) is -3.85. The van der Waals surface area contributed by atoms with Crippen molar-refractivity contribution < 1.29 is 12.8 Å². The Balaban J connectivity index is 2.11. The van der Waals surface area contributed by atoms with E-state index in [-0.39, 0.29) is 9.64 Å². The Morgan fingerprint density at radius 1 is 1.50 bits per heavy atom. The minimum absolute atomic E-state index is 0.212. The maximum absolute atomic E-state index is 13.7. The molecule has 1 saturated carbocycles. The van der Waals surface area contributed by atoms with Crippen molar-refractivity contribution in [3.8, 4) is 0 Å². The third-order valence-corrected chi connectivity index (χ3v) is 5.44.